The smallest absolute Gasteiger partial charge is 0.337 e. The molecule has 1 N–H and O–H groups in total. The maximum absolute atomic E-state index is 14.9. The first-order chi connectivity index (χ1) is 15.4. The van der Waals surface area contributed by atoms with Crippen molar-refractivity contribution in [2.24, 2.45) is 0 Å². The highest BCUT2D eigenvalue weighted by atomic mass is 19.1. The van der Waals surface area contributed by atoms with Gasteiger partial charge in [-0.25, -0.2) is 28.4 Å². The van der Waals surface area contributed by atoms with Crippen LogP contribution >= 0.6 is 0 Å². The second kappa shape index (κ2) is 8.43. The number of methoxy groups -OCH3 is 1. The molecule has 160 valence electrons. The molecule has 0 aliphatic heterocycles. The summed E-state index contributed by atoms with van der Waals surface area (Å²) < 4.78 is 39.5. The van der Waals surface area contributed by atoms with Gasteiger partial charge >= 0.3 is 5.97 Å². The Hall–Kier alpha value is -4.32. The second-order valence-electron chi connectivity index (χ2n) is 7.01. The summed E-state index contributed by atoms with van der Waals surface area (Å²) in [4.78, 5) is 22.9. The lowest BCUT2D eigenvalue weighted by Gasteiger charge is -2.13. The normalized spacial score (nSPS) is 11.9. The molecule has 0 amide bonds. The number of nitrogens with zero attached hydrogens (tertiary/aromatic N) is 3. The number of carbonyl (C=O) groups is 1. The van der Waals surface area contributed by atoms with Crippen LogP contribution in [0.4, 0.5) is 26.0 Å². The van der Waals surface area contributed by atoms with Crippen LogP contribution in [-0.4, -0.2) is 23.0 Å². The van der Waals surface area contributed by atoms with Gasteiger partial charge in [0, 0.05) is 22.9 Å². The number of fused-ring (bicyclic) bond motifs is 1. The fraction of sp³-hybridized carbons (Fsp3) is 0.130. The third-order valence-corrected chi connectivity index (χ3v) is 4.85. The molecular weight excluding hydrogens is 418 g/mol. The van der Waals surface area contributed by atoms with Crippen LogP contribution in [0.3, 0.4) is 0 Å². The second-order valence-corrected chi connectivity index (χ2v) is 7.01. The molecule has 4 rings (SSSR count). The van der Waals surface area contributed by atoms with E-state index >= 15 is 0 Å². The fourth-order valence-electron chi connectivity index (χ4n) is 3.32. The average Bonchev–Trinajstić information content (AvgIpc) is 3.20. The molecule has 0 fully saturated rings. The SMILES string of the molecule is [C-]#[N+]c1c(Nc2ccc(C(=O)OC)cc2)ncnc1Oc1cc(F)c2c(c1F)C=C(C)C2. The highest BCUT2D eigenvalue weighted by molar-refractivity contribution is 5.90. The van der Waals surface area contributed by atoms with Gasteiger partial charge in [-0.2, -0.15) is 0 Å². The van der Waals surface area contributed by atoms with E-state index in [4.69, 9.17) is 11.3 Å². The third kappa shape index (κ3) is 3.86. The third-order valence-electron chi connectivity index (χ3n) is 4.85. The van der Waals surface area contributed by atoms with Gasteiger partial charge in [0.1, 0.15) is 18.0 Å². The number of halogens is 2. The molecule has 7 nitrogen and oxygen atoms in total. The average molecular weight is 434 g/mol. The lowest BCUT2D eigenvalue weighted by atomic mass is 10.1. The first-order valence-electron chi connectivity index (χ1n) is 9.45. The molecule has 32 heavy (non-hydrogen) atoms. The minimum atomic E-state index is -0.722. The Morgan fingerprint density at radius 2 is 1.97 bits per heavy atom. The lowest BCUT2D eigenvalue weighted by Crippen LogP contribution is -2.02. The van der Waals surface area contributed by atoms with Crippen LogP contribution in [0, 0.1) is 18.2 Å². The van der Waals surface area contributed by atoms with Crippen molar-refractivity contribution < 1.29 is 23.0 Å². The van der Waals surface area contributed by atoms with Crippen molar-refractivity contribution in [1.29, 1.82) is 0 Å². The molecule has 0 bridgehead atoms. The van der Waals surface area contributed by atoms with Crippen molar-refractivity contribution in [3.8, 4) is 11.6 Å². The van der Waals surface area contributed by atoms with Crippen molar-refractivity contribution in [2.45, 2.75) is 13.3 Å². The minimum absolute atomic E-state index is 0.105. The van der Waals surface area contributed by atoms with E-state index in [1.807, 2.05) is 0 Å². The molecule has 0 spiro atoms. The highest BCUT2D eigenvalue weighted by Gasteiger charge is 2.24. The van der Waals surface area contributed by atoms with Crippen LogP contribution in [0.2, 0.25) is 0 Å². The molecule has 9 heteroatoms. The van der Waals surface area contributed by atoms with Crippen molar-refractivity contribution >= 4 is 29.2 Å². The van der Waals surface area contributed by atoms with Gasteiger partial charge in [-0.1, -0.05) is 11.6 Å². The molecule has 0 radical (unpaired) electrons. The maximum Gasteiger partial charge on any atom is 0.337 e. The van der Waals surface area contributed by atoms with E-state index in [1.165, 1.54) is 7.11 Å². The van der Waals surface area contributed by atoms with Crippen molar-refractivity contribution in [1.82, 2.24) is 9.97 Å². The van der Waals surface area contributed by atoms with Crippen LogP contribution in [0.15, 0.2) is 42.2 Å². The molecule has 0 saturated carbocycles. The zero-order chi connectivity index (χ0) is 22.8. The molecule has 2 aromatic carbocycles. The van der Waals surface area contributed by atoms with Crippen LogP contribution in [-0.2, 0) is 11.2 Å². The van der Waals surface area contributed by atoms with Crippen LogP contribution in [0.1, 0.15) is 28.4 Å². The van der Waals surface area contributed by atoms with Gasteiger partial charge in [-0.05, 0) is 37.6 Å². The van der Waals surface area contributed by atoms with Gasteiger partial charge in [0.15, 0.2) is 11.6 Å². The zero-order valence-corrected chi connectivity index (χ0v) is 17.1. The summed E-state index contributed by atoms with van der Waals surface area (Å²) in [5, 5.41) is 2.93. The Balaban J connectivity index is 1.65. The zero-order valence-electron chi connectivity index (χ0n) is 17.1. The van der Waals surface area contributed by atoms with Crippen molar-refractivity contribution in [3.63, 3.8) is 0 Å². The number of aromatic nitrogens is 2. The van der Waals surface area contributed by atoms with Crippen LogP contribution < -0.4 is 10.1 Å². The van der Waals surface area contributed by atoms with Gasteiger partial charge < -0.3 is 14.8 Å². The summed E-state index contributed by atoms with van der Waals surface area (Å²) in [6.45, 7) is 9.29. The molecule has 1 aromatic heterocycles. The molecule has 1 aliphatic carbocycles. The predicted octanol–water partition coefficient (Wildman–Crippen LogP) is 5.59. The molecule has 1 aliphatic rings. The van der Waals surface area contributed by atoms with Gasteiger partial charge in [0.05, 0.1) is 19.2 Å². The number of esters is 1. The molecule has 0 atom stereocenters. The Morgan fingerprint density at radius 3 is 2.66 bits per heavy atom. The number of carbonyl (C=O) groups excluding carboxylic acids is 1. The van der Waals surface area contributed by atoms with E-state index < -0.39 is 17.6 Å². The van der Waals surface area contributed by atoms with E-state index in [-0.39, 0.29) is 34.3 Å². The molecular formula is C23H16F2N4O3. The summed E-state index contributed by atoms with van der Waals surface area (Å²) >= 11 is 0. The Bertz CT molecular complexity index is 1300. The minimum Gasteiger partial charge on any atom is -0.465 e. The quantitative estimate of drug-likeness (QED) is 0.417. The Kier molecular flexibility index (Phi) is 5.52. The van der Waals surface area contributed by atoms with Gasteiger partial charge in [0.2, 0.25) is 5.88 Å². The van der Waals surface area contributed by atoms with Crippen LogP contribution in [0.25, 0.3) is 10.9 Å². The first kappa shape index (κ1) is 20.9. The van der Waals surface area contributed by atoms with Crippen molar-refractivity contribution in [2.75, 3.05) is 12.4 Å². The van der Waals surface area contributed by atoms with E-state index in [1.54, 1.807) is 37.3 Å². The van der Waals surface area contributed by atoms with Gasteiger partial charge in [-0.3, -0.25) is 0 Å². The standard InChI is InChI=1S/C23H16F2N4O3/c1-12-8-15-16(9-12)19(25)18(10-17(15)24)32-22-20(26-2)21(27-11-28-22)29-14-6-4-13(5-7-14)23(30)31-3/h4-7,9-11H,8H2,1,3H3,(H,27,28,29). The molecule has 1 heterocycles. The van der Waals surface area contributed by atoms with Gasteiger partial charge in [0.25, 0.3) is 5.69 Å². The molecule has 0 saturated heterocycles. The Labute approximate surface area is 182 Å². The largest absolute Gasteiger partial charge is 0.465 e. The molecule has 0 unspecified atom stereocenters. The number of hydrogen-bond donors (Lipinski definition) is 1. The monoisotopic (exact) mass is 434 g/mol. The molecule has 3 aromatic rings. The topological polar surface area (TPSA) is 77.7 Å². The number of allylic oxidation sites excluding steroid dienone is 1. The van der Waals surface area contributed by atoms with E-state index in [2.05, 4.69) is 24.9 Å². The summed E-state index contributed by atoms with van der Waals surface area (Å²) in [5.41, 5.74) is 2.02. The summed E-state index contributed by atoms with van der Waals surface area (Å²) in [5.74, 6) is -2.28. The lowest BCUT2D eigenvalue weighted by molar-refractivity contribution is 0.0600. The van der Waals surface area contributed by atoms with E-state index in [0.29, 0.717) is 17.7 Å². The first-order valence-corrected chi connectivity index (χ1v) is 9.45. The number of hydrogen-bond acceptors (Lipinski definition) is 6. The number of nitrogens with one attached hydrogen (secondary N) is 1. The summed E-state index contributed by atoms with van der Waals surface area (Å²) in [6.07, 6.45) is 3.05. The predicted molar refractivity (Wildman–Crippen MR) is 113 cm³/mol. The number of ether oxygens (including phenoxy) is 2. The highest BCUT2D eigenvalue weighted by Crippen LogP contribution is 2.40. The van der Waals surface area contributed by atoms with Crippen molar-refractivity contribution in [3.05, 3.63) is 82.0 Å². The fourth-order valence-corrected chi connectivity index (χ4v) is 3.32. The maximum atomic E-state index is 14.9. The number of anilines is 2. The van der Waals surface area contributed by atoms with E-state index in [9.17, 15) is 13.6 Å². The van der Waals surface area contributed by atoms with Crippen LogP contribution in [0.5, 0.6) is 11.6 Å². The Morgan fingerprint density at radius 1 is 1.22 bits per heavy atom. The van der Waals surface area contributed by atoms with E-state index in [0.717, 1.165) is 18.0 Å². The summed E-state index contributed by atoms with van der Waals surface area (Å²) in [6, 6.07) is 7.25. The summed E-state index contributed by atoms with van der Waals surface area (Å²) in [7, 11) is 1.28. The van der Waals surface area contributed by atoms with Gasteiger partial charge in [-0.15, -0.1) is 0 Å². The number of benzene rings is 2. The number of rotatable bonds is 5.